The van der Waals surface area contributed by atoms with E-state index >= 15 is 0 Å². The van der Waals surface area contributed by atoms with Crippen molar-refractivity contribution in [2.45, 2.75) is 39.8 Å². The number of halogens is 1. The molecule has 2 unspecified atom stereocenters. The highest BCUT2D eigenvalue weighted by Gasteiger charge is 2.19. The van der Waals surface area contributed by atoms with E-state index in [9.17, 15) is 0 Å². The second-order valence-corrected chi connectivity index (χ2v) is 6.32. The maximum absolute atomic E-state index is 4.31. The van der Waals surface area contributed by atoms with E-state index < -0.39 is 0 Å². The van der Waals surface area contributed by atoms with Crippen LogP contribution in [0.2, 0.25) is 0 Å². The van der Waals surface area contributed by atoms with Gasteiger partial charge < -0.3 is 15.5 Å². The third-order valence-electron chi connectivity index (χ3n) is 4.31. The van der Waals surface area contributed by atoms with Crippen LogP contribution in [0.5, 0.6) is 0 Å². The predicted octanol–water partition coefficient (Wildman–Crippen LogP) is 1.45. The molecule has 1 fully saturated rings. The topological polar surface area (TPSA) is 42.9 Å². The summed E-state index contributed by atoms with van der Waals surface area (Å²) in [5, 5.41) is 6.89. The van der Waals surface area contributed by atoms with Crippen molar-refractivity contribution in [3.05, 3.63) is 0 Å². The summed E-state index contributed by atoms with van der Waals surface area (Å²) in [7, 11) is 4.03. The van der Waals surface area contributed by atoms with E-state index in [4.69, 9.17) is 0 Å². The molecule has 1 heterocycles. The van der Waals surface area contributed by atoms with Gasteiger partial charge in [0.2, 0.25) is 0 Å². The van der Waals surface area contributed by atoms with Gasteiger partial charge in [0.05, 0.1) is 0 Å². The predicted molar refractivity (Wildman–Crippen MR) is 103 cm³/mol. The van der Waals surface area contributed by atoms with Crippen molar-refractivity contribution in [3.63, 3.8) is 0 Å². The van der Waals surface area contributed by atoms with E-state index in [-0.39, 0.29) is 24.0 Å². The first-order valence-electron chi connectivity index (χ1n) is 7.83. The molecule has 1 saturated heterocycles. The van der Waals surface area contributed by atoms with Crippen LogP contribution in [0, 0.1) is 5.92 Å². The number of likely N-dealkylation sites (N-methyl/N-ethyl adjacent to an activating group) is 1. The Kier molecular flexibility index (Phi) is 10.6. The lowest BCUT2D eigenvalue weighted by Crippen LogP contribution is -2.53. The van der Waals surface area contributed by atoms with Crippen molar-refractivity contribution >= 4 is 29.9 Å². The van der Waals surface area contributed by atoms with E-state index in [0.29, 0.717) is 18.0 Å². The van der Waals surface area contributed by atoms with Crippen molar-refractivity contribution in [1.82, 2.24) is 20.4 Å². The van der Waals surface area contributed by atoms with Crippen LogP contribution in [-0.4, -0.2) is 74.7 Å². The molecular formula is C15H34IN5. The Morgan fingerprint density at radius 1 is 1.10 bits per heavy atom. The molecule has 6 heteroatoms. The molecule has 0 aliphatic carbocycles. The summed E-state index contributed by atoms with van der Waals surface area (Å²) < 4.78 is 0. The Labute approximate surface area is 148 Å². The molecule has 2 N–H and O–H groups in total. The van der Waals surface area contributed by atoms with Crippen LogP contribution >= 0.6 is 24.0 Å². The van der Waals surface area contributed by atoms with Gasteiger partial charge in [-0.25, -0.2) is 0 Å². The van der Waals surface area contributed by atoms with E-state index in [0.717, 1.165) is 25.6 Å². The Hall–Kier alpha value is -0.0800. The number of guanidine groups is 1. The van der Waals surface area contributed by atoms with E-state index in [1.165, 1.54) is 13.1 Å². The van der Waals surface area contributed by atoms with Crippen LogP contribution in [0.25, 0.3) is 0 Å². The molecule has 0 aromatic carbocycles. The van der Waals surface area contributed by atoms with Crippen LogP contribution in [-0.2, 0) is 0 Å². The van der Waals surface area contributed by atoms with Gasteiger partial charge in [0.15, 0.2) is 5.96 Å². The first kappa shape index (κ1) is 20.9. The van der Waals surface area contributed by atoms with Crippen molar-refractivity contribution in [1.29, 1.82) is 0 Å². The van der Waals surface area contributed by atoms with Crippen LogP contribution in [0.1, 0.15) is 27.7 Å². The van der Waals surface area contributed by atoms with Gasteiger partial charge in [0, 0.05) is 51.9 Å². The van der Waals surface area contributed by atoms with Crippen LogP contribution < -0.4 is 10.6 Å². The standard InChI is InChI=1S/C15H33N5.HI/c1-12(2)14(4)18-15(16-5)17-11-13(3)20-9-7-19(6)8-10-20;/h12-14H,7-11H2,1-6H3,(H2,16,17,18);1H. The van der Waals surface area contributed by atoms with E-state index in [1.807, 2.05) is 7.05 Å². The smallest absolute Gasteiger partial charge is 0.191 e. The molecule has 0 amide bonds. The van der Waals surface area contributed by atoms with Crippen LogP contribution in [0.3, 0.4) is 0 Å². The summed E-state index contributed by atoms with van der Waals surface area (Å²) in [6, 6.07) is 0.969. The van der Waals surface area contributed by atoms with Gasteiger partial charge in [-0.2, -0.15) is 0 Å². The molecule has 1 rings (SSSR count). The summed E-state index contributed by atoms with van der Waals surface area (Å²) in [4.78, 5) is 9.25. The fourth-order valence-electron chi connectivity index (χ4n) is 2.21. The molecular weight excluding hydrogens is 377 g/mol. The fourth-order valence-corrected chi connectivity index (χ4v) is 2.21. The minimum atomic E-state index is 0. The van der Waals surface area contributed by atoms with Gasteiger partial charge in [-0.1, -0.05) is 13.8 Å². The second-order valence-electron chi connectivity index (χ2n) is 6.32. The highest BCUT2D eigenvalue weighted by molar-refractivity contribution is 14.0. The minimum Gasteiger partial charge on any atom is -0.355 e. The summed E-state index contributed by atoms with van der Waals surface area (Å²) in [6.07, 6.45) is 0. The van der Waals surface area contributed by atoms with Gasteiger partial charge >= 0.3 is 0 Å². The maximum atomic E-state index is 4.31. The van der Waals surface area contributed by atoms with E-state index in [2.05, 4.69) is 60.2 Å². The molecule has 0 aromatic rings. The monoisotopic (exact) mass is 411 g/mol. The van der Waals surface area contributed by atoms with Crippen LogP contribution in [0.15, 0.2) is 4.99 Å². The number of nitrogens with one attached hydrogen (secondary N) is 2. The molecule has 0 bridgehead atoms. The second kappa shape index (κ2) is 10.6. The fraction of sp³-hybridized carbons (Fsp3) is 0.933. The first-order chi connectivity index (χ1) is 9.43. The Bertz CT molecular complexity index is 300. The number of rotatable bonds is 5. The van der Waals surface area contributed by atoms with Crippen molar-refractivity contribution in [2.24, 2.45) is 10.9 Å². The molecule has 0 saturated carbocycles. The zero-order valence-electron chi connectivity index (χ0n) is 14.5. The zero-order chi connectivity index (χ0) is 15.1. The molecule has 2 atom stereocenters. The lowest BCUT2D eigenvalue weighted by Gasteiger charge is -2.36. The number of aliphatic imine (C=N–C) groups is 1. The average molecular weight is 411 g/mol. The number of nitrogens with zero attached hydrogens (tertiary/aromatic N) is 3. The summed E-state index contributed by atoms with van der Waals surface area (Å²) in [5.74, 6) is 1.51. The Morgan fingerprint density at radius 2 is 1.67 bits per heavy atom. The first-order valence-corrected chi connectivity index (χ1v) is 7.83. The lowest BCUT2D eigenvalue weighted by molar-refractivity contribution is 0.120. The lowest BCUT2D eigenvalue weighted by atomic mass is 10.1. The average Bonchev–Trinajstić information content (AvgIpc) is 2.43. The Morgan fingerprint density at radius 3 is 2.14 bits per heavy atom. The normalized spacial score (nSPS) is 20.8. The van der Waals surface area contributed by atoms with Gasteiger partial charge in [-0.3, -0.25) is 9.89 Å². The number of hydrogen-bond donors (Lipinski definition) is 2. The van der Waals surface area contributed by atoms with Crippen molar-refractivity contribution < 1.29 is 0 Å². The van der Waals surface area contributed by atoms with Gasteiger partial charge in [-0.05, 0) is 26.8 Å². The molecule has 21 heavy (non-hydrogen) atoms. The molecule has 0 aromatic heterocycles. The summed E-state index contributed by atoms with van der Waals surface area (Å²) in [6.45, 7) is 14.5. The number of piperazine rings is 1. The van der Waals surface area contributed by atoms with E-state index in [1.54, 1.807) is 0 Å². The Balaban J connectivity index is 0.00000400. The molecule has 126 valence electrons. The van der Waals surface area contributed by atoms with Crippen molar-refractivity contribution in [2.75, 3.05) is 46.8 Å². The molecule has 0 spiro atoms. The SMILES string of the molecule is CN=C(NCC(C)N1CCN(C)CC1)NC(C)C(C)C.I. The molecule has 5 nitrogen and oxygen atoms in total. The quantitative estimate of drug-likeness (QED) is 0.409. The third kappa shape index (κ3) is 7.65. The van der Waals surface area contributed by atoms with Gasteiger partial charge in [0.25, 0.3) is 0 Å². The summed E-state index contributed by atoms with van der Waals surface area (Å²) in [5.41, 5.74) is 0. The van der Waals surface area contributed by atoms with Gasteiger partial charge in [0.1, 0.15) is 0 Å². The van der Waals surface area contributed by atoms with Gasteiger partial charge in [-0.15, -0.1) is 24.0 Å². The summed E-state index contributed by atoms with van der Waals surface area (Å²) >= 11 is 0. The van der Waals surface area contributed by atoms with Crippen molar-refractivity contribution in [3.8, 4) is 0 Å². The largest absolute Gasteiger partial charge is 0.355 e. The highest BCUT2D eigenvalue weighted by atomic mass is 127. The third-order valence-corrected chi connectivity index (χ3v) is 4.31. The molecule has 0 radical (unpaired) electrons. The molecule has 1 aliphatic rings. The minimum absolute atomic E-state index is 0. The maximum Gasteiger partial charge on any atom is 0.191 e. The van der Waals surface area contributed by atoms with Crippen LogP contribution in [0.4, 0.5) is 0 Å². The molecule has 1 aliphatic heterocycles. The highest BCUT2D eigenvalue weighted by Crippen LogP contribution is 2.04. The zero-order valence-corrected chi connectivity index (χ0v) is 16.8. The number of hydrogen-bond acceptors (Lipinski definition) is 3.